The van der Waals surface area contributed by atoms with Gasteiger partial charge in [-0.25, -0.2) is 4.98 Å². The fourth-order valence-corrected chi connectivity index (χ4v) is 3.61. The van der Waals surface area contributed by atoms with Crippen LogP contribution in [0, 0.1) is 12.8 Å². The molecule has 1 unspecified atom stereocenters. The fourth-order valence-electron chi connectivity index (χ4n) is 3.27. The standard InChI is InChI=1S/C15H20BrN3/c1-10-15(14(17)11-5-3-2-4-6-11)19-9-12(16)7-8-13(19)18-10/h7-9,11,14H,2-6,17H2,1H3. The summed E-state index contributed by atoms with van der Waals surface area (Å²) < 4.78 is 3.22. The van der Waals surface area contributed by atoms with Gasteiger partial charge in [0.05, 0.1) is 17.4 Å². The maximum atomic E-state index is 6.56. The van der Waals surface area contributed by atoms with Crippen LogP contribution in [0.5, 0.6) is 0 Å². The van der Waals surface area contributed by atoms with Gasteiger partial charge in [-0.15, -0.1) is 0 Å². The molecule has 3 nitrogen and oxygen atoms in total. The third-order valence-electron chi connectivity index (χ3n) is 4.28. The third-order valence-corrected chi connectivity index (χ3v) is 4.75. The van der Waals surface area contributed by atoms with Crippen molar-refractivity contribution in [3.05, 3.63) is 34.2 Å². The maximum Gasteiger partial charge on any atom is 0.137 e. The molecule has 2 aromatic heterocycles. The van der Waals surface area contributed by atoms with Crippen LogP contribution in [0.1, 0.15) is 49.5 Å². The summed E-state index contributed by atoms with van der Waals surface area (Å²) in [7, 11) is 0. The second kappa shape index (κ2) is 5.25. The molecule has 3 rings (SSSR count). The van der Waals surface area contributed by atoms with E-state index < -0.39 is 0 Å². The Morgan fingerprint density at radius 3 is 2.79 bits per heavy atom. The Kier molecular flexibility index (Phi) is 3.63. The molecule has 2 aromatic rings. The topological polar surface area (TPSA) is 43.3 Å². The van der Waals surface area contributed by atoms with Gasteiger partial charge < -0.3 is 10.1 Å². The number of fused-ring (bicyclic) bond motifs is 1. The Balaban J connectivity index is 2.02. The van der Waals surface area contributed by atoms with Crippen LogP contribution in [0.4, 0.5) is 0 Å². The van der Waals surface area contributed by atoms with Crippen molar-refractivity contribution >= 4 is 21.6 Å². The summed E-state index contributed by atoms with van der Waals surface area (Å²) in [5.74, 6) is 0.603. The third kappa shape index (κ3) is 2.43. The number of pyridine rings is 1. The molecule has 1 aliphatic rings. The molecule has 0 aliphatic heterocycles. The quantitative estimate of drug-likeness (QED) is 0.908. The lowest BCUT2D eigenvalue weighted by atomic mass is 9.83. The van der Waals surface area contributed by atoms with Crippen molar-refractivity contribution in [1.29, 1.82) is 0 Å². The van der Waals surface area contributed by atoms with Crippen LogP contribution in [-0.2, 0) is 0 Å². The SMILES string of the molecule is Cc1nc2ccc(Br)cn2c1C(N)C1CCCCC1. The minimum Gasteiger partial charge on any atom is -0.322 e. The Hall–Kier alpha value is -0.870. The minimum atomic E-state index is 0.101. The van der Waals surface area contributed by atoms with Crippen LogP contribution in [0.25, 0.3) is 5.65 Å². The summed E-state index contributed by atoms with van der Waals surface area (Å²) in [6, 6.07) is 4.16. The summed E-state index contributed by atoms with van der Waals surface area (Å²) in [6.45, 7) is 2.07. The number of nitrogens with two attached hydrogens (primary N) is 1. The number of halogens is 1. The van der Waals surface area contributed by atoms with Crippen molar-refractivity contribution in [3.63, 3.8) is 0 Å². The lowest BCUT2D eigenvalue weighted by Gasteiger charge is -2.27. The van der Waals surface area contributed by atoms with Gasteiger partial charge in [-0.2, -0.15) is 0 Å². The first kappa shape index (κ1) is 13.1. The Morgan fingerprint density at radius 1 is 1.32 bits per heavy atom. The van der Waals surface area contributed by atoms with Gasteiger partial charge in [0.1, 0.15) is 5.65 Å². The maximum absolute atomic E-state index is 6.56. The predicted molar refractivity (Wildman–Crippen MR) is 81.1 cm³/mol. The Morgan fingerprint density at radius 2 is 2.05 bits per heavy atom. The number of rotatable bonds is 2. The summed E-state index contributed by atoms with van der Waals surface area (Å²) in [5, 5.41) is 0. The normalized spacial score (nSPS) is 18.9. The molecule has 0 radical (unpaired) electrons. The van der Waals surface area contributed by atoms with Crippen LogP contribution in [-0.4, -0.2) is 9.38 Å². The second-order valence-corrected chi connectivity index (χ2v) is 6.50. The highest BCUT2D eigenvalue weighted by Gasteiger charge is 2.26. The Labute approximate surface area is 122 Å². The molecule has 0 aromatic carbocycles. The van der Waals surface area contributed by atoms with E-state index >= 15 is 0 Å². The van der Waals surface area contributed by atoms with E-state index in [-0.39, 0.29) is 6.04 Å². The van der Waals surface area contributed by atoms with Crippen molar-refractivity contribution in [3.8, 4) is 0 Å². The van der Waals surface area contributed by atoms with Crippen LogP contribution < -0.4 is 5.73 Å². The highest BCUT2D eigenvalue weighted by atomic mass is 79.9. The first-order valence-electron chi connectivity index (χ1n) is 7.06. The molecule has 2 heterocycles. The fraction of sp³-hybridized carbons (Fsp3) is 0.533. The van der Waals surface area contributed by atoms with Gasteiger partial charge in [0.2, 0.25) is 0 Å². The lowest BCUT2D eigenvalue weighted by molar-refractivity contribution is 0.303. The van der Waals surface area contributed by atoms with E-state index in [0.29, 0.717) is 5.92 Å². The van der Waals surface area contributed by atoms with Gasteiger partial charge in [0.15, 0.2) is 0 Å². The molecular formula is C15H20BrN3. The van der Waals surface area contributed by atoms with Crippen molar-refractivity contribution in [2.24, 2.45) is 11.7 Å². The number of hydrogen-bond donors (Lipinski definition) is 1. The largest absolute Gasteiger partial charge is 0.322 e. The monoisotopic (exact) mass is 321 g/mol. The van der Waals surface area contributed by atoms with Crippen LogP contribution in [0.2, 0.25) is 0 Å². The predicted octanol–water partition coefficient (Wildman–Crippen LogP) is 3.99. The summed E-state index contributed by atoms with van der Waals surface area (Å²) in [6.07, 6.45) is 8.58. The molecule has 1 aliphatic carbocycles. The Bertz CT molecular complexity index is 584. The zero-order valence-electron chi connectivity index (χ0n) is 11.3. The van der Waals surface area contributed by atoms with Gasteiger partial charge in [0, 0.05) is 10.7 Å². The molecule has 0 amide bonds. The highest BCUT2D eigenvalue weighted by molar-refractivity contribution is 9.10. The zero-order chi connectivity index (χ0) is 13.4. The molecule has 2 N–H and O–H groups in total. The van der Waals surface area contributed by atoms with Crippen molar-refractivity contribution in [2.45, 2.75) is 45.1 Å². The molecule has 0 bridgehead atoms. The van der Waals surface area contributed by atoms with Gasteiger partial charge in [-0.3, -0.25) is 0 Å². The molecule has 1 saturated carbocycles. The smallest absolute Gasteiger partial charge is 0.137 e. The zero-order valence-corrected chi connectivity index (χ0v) is 12.9. The molecule has 1 atom stereocenters. The summed E-state index contributed by atoms with van der Waals surface area (Å²) >= 11 is 3.53. The van der Waals surface area contributed by atoms with E-state index in [1.807, 2.05) is 12.1 Å². The number of nitrogens with zero attached hydrogens (tertiary/aromatic N) is 2. The first-order chi connectivity index (χ1) is 9.16. The lowest BCUT2D eigenvalue weighted by Crippen LogP contribution is -2.25. The molecule has 19 heavy (non-hydrogen) atoms. The first-order valence-corrected chi connectivity index (χ1v) is 7.86. The molecule has 0 spiro atoms. The van der Waals surface area contributed by atoms with E-state index in [1.165, 1.54) is 37.8 Å². The molecule has 102 valence electrons. The van der Waals surface area contributed by atoms with Crippen molar-refractivity contribution in [1.82, 2.24) is 9.38 Å². The van der Waals surface area contributed by atoms with Gasteiger partial charge in [-0.1, -0.05) is 19.3 Å². The average Bonchev–Trinajstić information content (AvgIpc) is 2.74. The number of aromatic nitrogens is 2. The highest BCUT2D eigenvalue weighted by Crippen LogP contribution is 2.34. The molecule has 1 fully saturated rings. The van der Waals surface area contributed by atoms with E-state index in [1.54, 1.807) is 0 Å². The summed E-state index contributed by atoms with van der Waals surface area (Å²) in [5.41, 5.74) is 9.79. The molecular weight excluding hydrogens is 302 g/mol. The second-order valence-electron chi connectivity index (χ2n) is 5.58. The van der Waals surface area contributed by atoms with Crippen molar-refractivity contribution < 1.29 is 0 Å². The molecule has 4 heteroatoms. The van der Waals surface area contributed by atoms with Gasteiger partial charge >= 0.3 is 0 Å². The molecule has 0 saturated heterocycles. The van der Waals surface area contributed by atoms with E-state index in [0.717, 1.165) is 15.8 Å². The van der Waals surface area contributed by atoms with Crippen LogP contribution in [0.15, 0.2) is 22.8 Å². The van der Waals surface area contributed by atoms with Crippen LogP contribution in [0.3, 0.4) is 0 Å². The van der Waals surface area contributed by atoms with E-state index in [4.69, 9.17) is 5.73 Å². The number of hydrogen-bond acceptors (Lipinski definition) is 2. The average molecular weight is 322 g/mol. The van der Waals surface area contributed by atoms with E-state index in [2.05, 4.69) is 38.4 Å². The van der Waals surface area contributed by atoms with Gasteiger partial charge in [-0.05, 0) is 53.7 Å². The minimum absolute atomic E-state index is 0.101. The number of aryl methyl sites for hydroxylation is 1. The van der Waals surface area contributed by atoms with E-state index in [9.17, 15) is 0 Å². The van der Waals surface area contributed by atoms with Crippen molar-refractivity contribution in [2.75, 3.05) is 0 Å². The number of imidazole rings is 1. The summed E-state index contributed by atoms with van der Waals surface area (Å²) in [4.78, 5) is 4.63. The van der Waals surface area contributed by atoms with Crippen LogP contribution >= 0.6 is 15.9 Å². The van der Waals surface area contributed by atoms with Gasteiger partial charge in [0.25, 0.3) is 0 Å².